The molecular weight excluding hydrogens is 478 g/mol. The van der Waals surface area contributed by atoms with E-state index in [4.69, 9.17) is 10.5 Å². The number of rotatable bonds is 6. The van der Waals surface area contributed by atoms with Crippen LogP contribution in [0.3, 0.4) is 0 Å². The van der Waals surface area contributed by atoms with Gasteiger partial charge in [-0.3, -0.25) is 14.4 Å². The Hall–Kier alpha value is -2.67. The molecule has 0 aromatic carbocycles. The molecule has 0 aromatic heterocycles. The van der Waals surface area contributed by atoms with Crippen molar-refractivity contribution >= 4 is 34.0 Å². The molecule has 196 valence electrons. The zero-order chi connectivity index (χ0) is 25.6. The third-order valence-corrected chi connectivity index (χ3v) is 7.65. The minimum absolute atomic E-state index is 0.166. The number of fused-ring (bicyclic) bond motifs is 2. The van der Waals surface area contributed by atoms with E-state index in [0.29, 0.717) is 45.1 Å². The van der Waals surface area contributed by atoms with Gasteiger partial charge < -0.3 is 20.7 Å². The van der Waals surface area contributed by atoms with Gasteiger partial charge in [-0.2, -0.15) is 13.1 Å². The number of hydrogen-bond donors (Lipinski definition) is 4. The van der Waals surface area contributed by atoms with Crippen LogP contribution in [-0.2, 0) is 29.3 Å². The average Bonchev–Trinajstić information content (AvgIpc) is 3.25. The van der Waals surface area contributed by atoms with Crippen molar-refractivity contribution in [3.05, 3.63) is 12.2 Å². The normalized spacial score (nSPS) is 30.7. The molecule has 2 fully saturated rings. The zero-order valence-corrected chi connectivity index (χ0v) is 20.8. The Morgan fingerprint density at radius 3 is 2.71 bits per heavy atom. The summed E-state index contributed by atoms with van der Waals surface area (Å²) in [6, 6.07) is -0.865. The van der Waals surface area contributed by atoms with Crippen LogP contribution < -0.4 is 20.5 Å². The Balaban J connectivity index is 1.84. The molecule has 2 aliphatic heterocycles. The van der Waals surface area contributed by atoms with Gasteiger partial charge in [0.25, 0.3) is 11.8 Å². The molecule has 4 amide bonds. The van der Waals surface area contributed by atoms with Gasteiger partial charge in [0.2, 0.25) is 5.91 Å². The predicted octanol–water partition coefficient (Wildman–Crippen LogP) is 0.197. The maximum absolute atomic E-state index is 13.3. The highest BCUT2D eigenvalue weighted by Crippen LogP contribution is 2.45. The lowest BCUT2D eigenvalue weighted by atomic mass is 10.1. The Labute approximate surface area is 205 Å². The monoisotopic (exact) mass is 513 g/mol. The molecule has 0 bridgehead atoms. The zero-order valence-electron chi connectivity index (χ0n) is 20.0. The molecule has 4 atom stereocenters. The van der Waals surface area contributed by atoms with Crippen LogP contribution in [0.1, 0.15) is 64.7 Å². The fraction of sp³-hybridized carbons (Fsp3) is 0.727. The lowest BCUT2D eigenvalue weighted by Gasteiger charge is -2.29. The molecule has 4 unspecified atom stereocenters. The van der Waals surface area contributed by atoms with Crippen molar-refractivity contribution in [1.29, 1.82) is 0 Å². The number of allylic oxidation sites excluding steroid dienone is 1. The second-order valence-electron chi connectivity index (χ2n) is 9.28. The molecule has 1 aliphatic carbocycles. The van der Waals surface area contributed by atoms with E-state index >= 15 is 0 Å². The highest BCUT2D eigenvalue weighted by Gasteiger charge is 2.61. The van der Waals surface area contributed by atoms with Crippen molar-refractivity contribution in [1.82, 2.24) is 19.7 Å². The van der Waals surface area contributed by atoms with Crippen LogP contribution in [0.15, 0.2) is 12.2 Å². The van der Waals surface area contributed by atoms with Crippen LogP contribution >= 0.6 is 0 Å². The third kappa shape index (κ3) is 6.72. The van der Waals surface area contributed by atoms with Gasteiger partial charge in [-0.15, -0.1) is 0 Å². The number of carbonyl (C=O) groups excluding carboxylic acids is 4. The van der Waals surface area contributed by atoms with Gasteiger partial charge in [-0.1, -0.05) is 25.5 Å². The van der Waals surface area contributed by atoms with Crippen molar-refractivity contribution in [2.45, 2.75) is 82.4 Å². The smallest absolute Gasteiger partial charge is 0.405 e. The van der Waals surface area contributed by atoms with E-state index in [-0.39, 0.29) is 18.9 Å². The largest absolute Gasteiger partial charge is 0.436 e. The fourth-order valence-corrected chi connectivity index (χ4v) is 5.63. The molecule has 12 nitrogen and oxygen atoms in total. The number of nitrogens with two attached hydrogens (primary N) is 1. The second-order valence-corrected chi connectivity index (χ2v) is 10.8. The topological polar surface area (TPSA) is 177 Å². The van der Waals surface area contributed by atoms with Crippen molar-refractivity contribution in [2.75, 3.05) is 13.1 Å². The average molecular weight is 514 g/mol. The first-order valence-electron chi connectivity index (χ1n) is 12.2. The lowest BCUT2D eigenvalue weighted by Crippen LogP contribution is -2.58. The minimum Gasteiger partial charge on any atom is -0.436 e. The summed E-state index contributed by atoms with van der Waals surface area (Å²) in [6.45, 7) is 2.25. The first-order valence-corrected chi connectivity index (χ1v) is 13.6. The fourth-order valence-electron chi connectivity index (χ4n) is 4.66. The van der Waals surface area contributed by atoms with Crippen LogP contribution in [0, 0.1) is 5.92 Å². The van der Waals surface area contributed by atoms with Crippen molar-refractivity contribution in [3.63, 3.8) is 0 Å². The summed E-state index contributed by atoms with van der Waals surface area (Å²) in [6.07, 6.45) is 6.59. The van der Waals surface area contributed by atoms with Gasteiger partial charge in [0.15, 0.2) is 6.10 Å². The number of ether oxygens (including phenoxy) is 1. The summed E-state index contributed by atoms with van der Waals surface area (Å²) in [5.41, 5.74) is 3.75. The first kappa shape index (κ1) is 26.9. The summed E-state index contributed by atoms with van der Waals surface area (Å²) in [4.78, 5) is 52.3. The Bertz CT molecular complexity index is 969. The Morgan fingerprint density at radius 2 is 2.00 bits per heavy atom. The van der Waals surface area contributed by atoms with E-state index in [1.54, 1.807) is 6.92 Å². The van der Waals surface area contributed by atoms with E-state index in [0.717, 1.165) is 12.8 Å². The molecular formula is C22H35N5O7S. The maximum atomic E-state index is 13.3. The van der Waals surface area contributed by atoms with Crippen LogP contribution in [0.25, 0.3) is 0 Å². The van der Waals surface area contributed by atoms with E-state index < -0.39 is 51.7 Å². The summed E-state index contributed by atoms with van der Waals surface area (Å²) in [7, 11) is -4.08. The number of nitrogens with one attached hydrogen (secondary N) is 3. The third-order valence-electron chi connectivity index (χ3n) is 6.61. The van der Waals surface area contributed by atoms with Gasteiger partial charge in [0, 0.05) is 19.0 Å². The minimum atomic E-state index is -4.08. The van der Waals surface area contributed by atoms with Crippen LogP contribution in [0.2, 0.25) is 0 Å². The quantitative estimate of drug-likeness (QED) is 0.366. The predicted molar refractivity (Wildman–Crippen MR) is 126 cm³/mol. The van der Waals surface area contributed by atoms with E-state index in [1.807, 2.05) is 16.9 Å². The van der Waals surface area contributed by atoms with Gasteiger partial charge in [-0.05, 0) is 51.4 Å². The maximum Gasteiger partial charge on any atom is 0.405 e. The number of primary amides is 1. The molecule has 0 spiro atoms. The SMILES string of the molecule is CCCNS(=O)(=O)NC(=O)C12CC1/C=C/CCCCCC(OC(N)=O)C(=O)N1CCCC1C(=O)N2. The molecule has 0 radical (unpaired) electrons. The van der Waals surface area contributed by atoms with Crippen LogP contribution in [0.5, 0.6) is 0 Å². The second kappa shape index (κ2) is 11.4. The first-order chi connectivity index (χ1) is 16.6. The standard InChI is InChI=1S/C22H35N5O7S/c1-2-12-24-35(32,33)26-20(30)22-14-15(22)9-6-4-3-5-7-11-17(34-21(23)31)19(29)27-13-8-10-16(27)18(28)25-22/h6,9,15-17,24H,2-5,7-8,10-14H2,1H3,(H2,23,31)(H,25,28)(H,26,30)/b9-6+. The van der Waals surface area contributed by atoms with Crippen LogP contribution in [0.4, 0.5) is 4.79 Å². The lowest BCUT2D eigenvalue weighted by molar-refractivity contribution is -0.146. The number of nitrogens with zero attached hydrogens (tertiary/aromatic N) is 1. The van der Waals surface area contributed by atoms with Gasteiger partial charge in [0.1, 0.15) is 11.6 Å². The molecule has 0 aromatic rings. The molecule has 35 heavy (non-hydrogen) atoms. The van der Waals surface area contributed by atoms with Gasteiger partial charge in [-0.25, -0.2) is 9.52 Å². The van der Waals surface area contributed by atoms with Gasteiger partial charge >= 0.3 is 16.3 Å². The highest BCUT2D eigenvalue weighted by molar-refractivity contribution is 7.88. The van der Waals surface area contributed by atoms with Crippen molar-refractivity contribution in [2.24, 2.45) is 11.7 Å². The molecule has 2 heterocycles. The van der Waals surface area contributed by atoms with Crippen molar-refractivity contribution in [3.8, 4) is 0 Å². The highest BCUT2D eigenvalue weighted by atomic mass is 32.2. The molecule has 1 saturated heterocycles. The number of carbonyl (C=O) groups is 4. The summed E-state index contributed by atoms with van der Waals surface area (Å²) in [5.74, 6) is -2.23. The van der Waals surface area contributed by atoms with E-state index in [2.05, 4.69) is 10.0 Å². The molecule has 13 heteroatoms. The number of hydrogen-bond acceptors (Lipinski definition) is 7. The summed E-state index contributed by atoms with van der Waals surface area (Å²) in [5, 5.41) is 2.74. The number of amides is 4. The Morgan fingerprint density at radius 1 is 1.23 bits per heavy atom. The molecule has 3 aliphatic rings. The van der Waals surface area contributed by atoms with Crippen LogP contribution in [-0.4, -0.2) is 67.9 Å². The molecule has 5 N–H and O–H groups in total. The van der Waals surface area contributed by atoms with E-state index in [9.17, 15) is 27.6 Å². The van der Waals surface area contributed by atoms with E-state index in [1.165, 1.54) is 4.90 Å². The van der Waals surface area contributed by atoms with Crippen molar-refractivity contribution < 1.29 is 32.3 Å². The Kier molecular flexibility index (Phi) is 8.75. The summed E-state index contributed by atoms with van der Waals surface area (Å²) < 4.78 is 33.9. The van der Waals surface area contributed by atoms with Gasteiger partial charge in [0.05, 0.1) is 0 Å². The summed E-state index contributed by atoms with van der Waals surface area (Å²) >= 11 is 0. The molecule has 1 saturated carbocycles. The molecule has 3 rings (SSSR count).